The summed E-state index contributed by atoms with van der Waals surface area (Å²) >= 11 is 0. The summed E-state index contributed by atoms with van der Waals surface area (Å²) in [5.41, 5.74) is 0. The SMILES string of the molecule is CC(=O)N1CCCN(C(=O)[C@@H]2CCCCN2)CC1.Cl. The molecule has 5 nitrogen and oxygen atoms in total. The van der Waals surface area contributed by atoms with Gasteiger partial charge in [0.25, 0.3) is 0 Å². The maximum Gasteiger partial charge on any atom is 0.239 e. The van der Waals surface area contributed by atoms with Gasteiger partial charge in [-0.3, -0.25) is 9.59 Å². The molecule has 2 saturated heterocycles. The Hall–Kier alpha value is -0.810. The monoisotopic (exact) mass is 289 g/mol. The fraction of sp³-hybridized carbons (Fsp3) is 0.846. The summed E-state index contributed by atoms with van der Waals surface area (Å²) in [6.45, 7) is 5.45. The van der Waals surface area contributed by atoms with Crippen LogP contribution in [0.15, 0.2) is 0 Å². The van der Waals surface area contributed by atoms with Crippen molar-refractivity contribution in [2.75, 3.05) is 32.7 Å². The molecule has 0 unspecified atom stereocenters. The summed E-state index contributed by atoms with van der Waals surface area (Å²) in [4.78, 5) is 27.4. The van der Waals surface area contributed by atoms with Crippen LogP contribution in [0.4, 0.5) is 0 Å². The van der Waals surface area contributed by atoms with E-state index in [4.69, 9.17) is 0 Å². The molecule has 0 aromatic heterocycles. The number of nitrogens with one attached hydrogen (secondary N) is 1. The molecule has 2 rings (SSSR count). The second-order valence-corrected chi connectivity index (χ2v) is 5.19. The van der Waals surface area contributed by atoms with Crippen molar-refractivity contribution in [1.82, 2.24) is 15.1 Å². The lowest BCUT2D eigenvalue weighted by molar-refractivity contribution is -0.134. The van der Waals surface area contributed by atoms with Crippen LogP contribution in [0, 0.1) is 0 Å². The quantitative estimate of drug-likeness (QED) is 0.770. The highest BCUT2D eigenvalue weighted by atomic mass is 35.5. The van der Waals surface area contributed by atoms with Crippen LogP contribution in [-0.2, 0) is 9.59 Å². The largest absolute Gasteiger partial charge is 0.341 e. The van der Waals surface area contributed by atoms with Crippen LogP contribution >= 0.6 is 12.4 Å². The summed E-state index contributed by atoms with van der Waals surface area (Å²) in [7, 11) is 0. The minimum atomic E-state index is 0. The zero-order chi connectivity index (χ0) is 13.0. The first-order chi connectivity index (χ1) is 8.68. The van der Waals surface area contributed by atoms with Gasteiger partial charge < -0.3 is 15.1 Å². The summed E-state index contributed by atoms with van der Waals surface area (Å²) in [5.74, 6) is 0.334. The maximum atomic E-state index is 12.3. The number of hydrogen-bond acceptors (Lipinski definition) is 3. The van der Waals surface area contributed by atoms with Crippen LogP contribution in [0.1, 0.15) is 32.6 Å². The highest BCUT2D eigenvalue weighted by Crippen LogP contribution is 2.12. The van der Waals surface area contributed by atoms with Crippen molar-refractivity contribution in [3.8, 4) is 0 Å². The van der Waals surface area contributed by atoms with Crippen LogP contribution in [0.2, 0.25) is 0 Å². The number of hydrogen-bond donors (Lipinski definition) is 1. The minimum absolute atomic E-state index is 0. The van der Waals surface area contributed by atoms with E-state index < -0.39 is 0 Å². The number of halogens is 1. The molecule has 1 atom stereocenters. The van der Waals surface area contributed by atoms with Crippen LogP contribution in [0.25, 0.3) is 0 Å². The third-order valence-corrected chi connectivity index (χ3v) is 3.86. The van der Waals surface area contributed by atoms with Crippen molar-refractivity contribution < 1.29 is 9.59 Å². The first-order valence-electron chi connectivity index (χ1n) is 6.96. The molecule has 0 spiro atoms. The predicted octanol–water partition coefficient (Wildman–Crippen LogP) is 0.631. The van der Waals surface area contributed by atoms with Gasteiger partial charge in [-0.25, -0.2) is 0 Å². The number of carbonyl (C=O) groups is 2. The van der Waals surface area contributed by atoms with Gasteiger partial charge in [0.05, 0.1) is 6.04 Å². The van der Waals surface area contributed by atoms with E-state index in [1.165, 1.54) is 6.42 Å². The zero-order valence-electron chi connectivity index (χ0n) is 11.6. The molecule has 0 aromatic rings. The predicted molar refractivity (Wildman–Crippen MR) is 76.3 cm³/mol. The smallest absolute Gasteiger partial charge is 0.239 e. The Bertz CT molecular complexity index is 319. The molecule has 2 amide bonds. The van der Waals surface area contributed by atoms with Crippen molar-refractivity contribution in [2.45, 2.75) is 38.6 Å². The molecule has 110 valence electrons. The molecule has 0 bridgehead atoms. The number of piperidine rings is 1. The fourth-order valence-electron chi connectivity index (χ4n) is 2.74. The van der Waals surface area contributed by atoms with E-state index in [1.807, 2.05) is 9.80 Å². The van der Waals surface area contributed by atoms with E-state index in [2.05, 4.69) is 5.32 Å². The first kappa shape index (κ1) is 16.2. The van der Waals surface area contributed by atoms with Crippen molar-refractivity contribution >= 4 is 24.2 Å². The molecule has 2 aliphatic heterocycles. The summed E-state index contributed by atoms with van der Waals surface area (Å²) in [5, 5.41) is 3.30. The Morgan fingerprint density at radius 1 is 1.00 bits per heavy atom. The molecule has 6 heteroatoms. The van der Waals surface area contributed by atoms with E-state index in [0.717, 1.165) is 38.9 Å². The lowest BCUT2D eigenvalue weighted by Gasteiger charge is -2.29. The van der Waals surface area contributed by atoms with Crippen molar-refractivity contribution in [1.29, 1.82) is 0 Å². The number of amides is 2. The highest BCUT2D eigenvalue weighted by molar-refractivity contribution is 5.85. The van der Waals surface area contributed by atoms with Crippen molar-refractivity contribution in [3.05, 3.63) is 0 Å². The molecule has 0 aromatic carbocycles. The normalized spacial score (nSPS) is 24.4. The lowest BCUT2D eigenvalue weighted by atomic mass is 10.0. The molecule has 19 heavy (non-hydrogen) atoms. The topological polar surface area (TPSA) is 52.7 Å². The van der Waals surface area contributed by atoms with Crippen LogP contribution in [-0.4, -0.2) is 60.4 Å². The maximum absolute atomic E-state index is 12.3. The van der Waals surface area contributed by atoms with Crippen LogP contribution in [0.3, 0.4) is 0 Å². The summed E-state index contributed by atoms with van der Waals surface area (Å²) in [6.07, 6.45) is 4.14. The van der Waals surface area contributed by atoms with Gasteiger partial charge in [-0.15, -0.1) is 12.4 Å². The van der Waals surface area contributed by atoms with Gasteiger partial charge in [-0.2, -0.15) is 0 Å². The van der Waals surface area contributed by atoms with Gasteiger partial charge in [-0.05, 0) is 25.8 Å². The Balaban J connectivity index is 0.00000180. The second-order valence-electron chi connectivity index (χ2n) is 5.19. The summed E-state index contributed by atoms with van der Waals surface area (Å²) in [6, 6.07) is 0.00243. The van der Waals surface area contributed by atoms with Gasteiger partial charge in [-0.1, -0.05) is 6.42 Å². The molecular weight excluding hydrogens is 266 g/mol. The third kappa shape index (κ3) is 4.35. The average molecular weight is 290 g/mol. The molecule has 2 heterocycles. The van der Waals surface area contributed by atoms with E-state index >= 15 is 0 Å². The number of carbonyl (C=O) groups excluding carboxylic acids is 2. The molecular formula is C13H24ClN3O2. The molecule has 0 saturated carbocycles. The van der Waals surface area contributed by atoms with Gasteiger partial charge in [0.1, 0.15) is 0 Å². The third-order valence-electron chi connectivity index (χ3n) is 3.86. The molecule has 0 aliphatic carbocycles. The minimum Gasteiger partial charge on any atom is -0.341 e. The van der Waals surface area contributed by atoms with Crippen LogP contribution in [0.5, 0.6) is 0 Å². The summed E-state index contributed by atoms with van der Waals surface area (Å²) < 4.78 is 0. The molecule has 1 N–H and O–H groups in total. The van der Waals surface area contributed by atoms with E-state index in [9.17, 15) is 9.59 Å². The molecule has 0 radical (unpaired) electrons. The molecule has 2 fully saturated rings. The van der Waals surface area contributed by atoms with E-state index in [-0.39, 0.29) is 30.3 Å². The molecule has 2 aliphatic rings. The van der Waals surface area contributed by atoms with Crippen molar-refractivity contribution in [2.24, 2.45) is 0 Å². The Morgan fingerprint density at radius 3 is 2.32 bits per heavy atom. The number of nitrogens with zero attached hydrogens (tertiary/aromatic N) is 2. The van der Waals surface area contributed by atoms with E-state index in [1.54, 1.807) is 6.92 Å². The first-order valence-corrected chi connectivity index (χ1v) is 6.96. The van der Waals surface area contributed by atoms with Crippen LogP contribution < -0.4 is 5.32 Å². The van der Waals surface area contributed by atoms with Gasteiger partial charge in [0.15, 0.2) is 0 Å². The van der Waals surface area contributed by atoms with Gasteiger partial charge in [0.2, 0.25) is 11.8 Å². The standard InChI is InChI=1S/C13H23N3O2.ClH/c1-11(17)15-7-4-8-16(10-9-15)13(18)12-5-2-3-6-14-12;/h12,14H,2-10H2,1H3;1H/t12-;/m0./s1. The number of rotatable bonds is 1. The average Bonchev–Trinajstić information content (AvgIpc) is 2.64. The highest BCUT2D eigenvalue weighted by Gasteiger charge is 2.27. The van der Waals surface area contributed by atoms with E-state index in [0.29, 0.717) is 13.1 Å². The Labute approximate surface area is 121 Å². The fourth-order valence-corrected chi connectivity index (χ4v) is 2.74. The van der Waals surface area contributed by atoms with Gasteiger partial charge >= 0.3 is 0 Å². The second kappa shape index (κ2) is 7.70. The lowest BCUT2D eigenvalue weighted by Crippen LogP contribution is -2.49. The van der Waals surface area contributed by atoms with Gasteiger partial charge in [0, 0.05) is 33.1 Å². The van der Waals surface area contributed by atoms with Crippen molar-refractivity contribution in [3.63, 3.8) is 0 Å². The Morgan fingerprint density at radius 2 is 1.68 bits per heavy atom. The zero-order valence-corrected chi connectivity index (χ0v) is 12.4. The Kier molecular flexibility index (Phi) is 6.58.